The fraction of sp³-hybridized carbons (Fsp3) is 0.333. The Morgan fingerprint density at radius 2 is 1.92 bits per heavy atom. The zero-order valence-electron chi connectivity index (χ0n) is 14.1. The molecule has 1 aromatic carbocycles. The van der Waals surface area contributed by atoms with Crippen LogP contribution in [0.25, 0.3) is 0 Å². The van der Waals surface area contributed by atoms with Gasteiger partial charge in [0.2, 0.25) is 5.91 Å². The van der Waals surface area contributed by atoms with E-state index in [0.717, 1.165) is 23.7 Å². The molecule has 3 heterocycles. The Morgan fingerprint density at radius 1 is 1.19 bits per heavy atom. The van der Waals surface area contributed by atoms with E-state index in [1.807, 2.05) is 36.1 Å². The maximum atomic E-state index is 12.9. The van der Waals surface area contributed by atoms with Gasteiger partial charge < -0.3 is 14.2 Å². The Hall–Kier alpha value is -3.16. The molecule has 1 saturated heterocycles. The molecule has 4 rings (SSSR count). The molecule has 0 radical (unpaired) electrons. The third-order valence-corrected chi connectivity index (χ3v) is 4.95. The summed E-state index contributed by atoms with van der Waals surface area (Å²) in [4.78, 5) is 38.4. The number of nitro groups is 1. The molecule has 2 aliphatic heterocycles. The number of rotatable bonds is 3. The topological polar surface area (TPSA) is 96.9 Å². The SMILES string of the molecule is CC1Cc2ccccc2N1C(=O)C1CN(C(=O)c2ccc([N+](=O)[O-])o2)C1. The van der Waals surface area contributed by atoms with Crippen LogP contribution in [-0.2, 0) is 11.2 Å². The van der Waals surface area contributed by atoms with E-state index >= 15 is 0 Å². The quantitative estimate of drug-likeness (QED) is 0.621. The highest BCUT2D eigenvalue weighted by atomic mass is 16.6. The number of likely N-dealkylation sites (tertiary alicyclic amines) is 1. The highest BCUT2D eigenvalue weighted by Gasteiger charge is 2.42. The molecule has 0 saturated carbocycles. The Balaban J connectivity index is 1.42. The van der Waals surface area contributed by atoms with E-state index in [2.05, 4.69) is 0 Å². The Morgan fingerprint density at radius 3 is 2.62 bits per heavy atom. The van der Waals surface area contributed by atoms with Crippen LogP contribution in [0.5, 0.6) is 0 Å². The van der Waals surface area contributed by atoms with Gasteiger partial charge in [-0.15, -0.1) is 0 Å². The zero-order chi connectivity index (χ0) is 18.4. The van der Waals surface area contributed by atoms with Crippen molar-refractivity contribution in [2.24, 2.45) is 5.92 Å². The minimum atomic E-state index is -0.689. The molecule has 1 atom stereocenters. The van der Waals surface area contributed by atoms with Gasteiger partial charge in [-0.1, -0.05) is 18.2 Å². The monoisotopic (exact) mass is 355 g/mol. The number of anilines is 1. The van der Waals surface area contributed by atoms with Gasteiger partial charge in [0, 0.05) is 24.8 Å². The molecular formula is C18H17N3O5. The van der Waals surface area contributed by atoms with Crippen molar-refractivity contribution >= 4 is 23.4 Å². The number of hydrogen-bond acceptors (Lipinski definition) is 5. The summed E-state index contributed by atoms with van der Waals surface area (Å²) in [7, 11) is 0. The van der Waals surface area contributed by atoms with Gasteiger partial charge in [0.15, 0.2) is 5.76 Å². The molecule has 8 heteroatoms. The number of furan rings is 1. The maximum absolute atomic E-state index is 12.9. The summed E-state index contributed by atoms with van der Waals surface area (Å²) in [6, 6.07) is 10.4. The molecule has 1 fully saturated rings. The molecule has 0 aliphatic carbocycles. The number of benzene rings is 1. The number of amides is 2. The van der Waals surface area contributed by atoms with Crippen LogP contribution in [0.4, 0.5) is 11.6 Å². The minimum absolute atomic E-state index is 0.0110. The van der Waals surface area contributed by atoms with Gasteiger partial charge >= 0.3 is 5.88 Å². The van der Waals surface area contributed by atoms with E-state index in [1.165, 1.54) is 11.0 Å². The van der Waals surface area contributed by atoms with E-state index in [0.29, 0.717) is 0 Å². The van der Waals surface area contributed by atoms with Gasteiger partial charge in [-0.2, -0.15) is 0 Å². The number of fused-ring (bicyclic) bond motifs is 1. The maximum Gasteiger partial charge on any atom is 0.433 e. The highest BCUT2D eigenvalue weighted by Crippen LogP contribution is 2.34. The Labute approximate surface area is 149 Å². The first-order chi connectivity index (χ1) is 12.5. The summed E-state index contributed by atoms with van der Waals surface area (Å²) in [5.41, 5.74) is 2.10. The summed E-state index contributed by atoms with van der Waals surface area (Å²) < 4.78 is 4.94. The fourth-order valence-corrected chi connectivity index (χ4v) is 3.60. The van der Waals surface area contributed by atoms with Crippen molar-refractivity contribution in [1.29, 1.82) is 0 Å². The average Bonchev–Trinajstić information content (AvgIpc) is 3.17. The lowest BCUT2D eigenvalue weighted by molar-refractivity contribution is -0.402. The molecule has 1 unspecified atom stereocenters. The third-order valence-electron chi connectivity index (χ3n) is 4.95. The lowest BCUT2D eigenvalue weighted by Crippen LogP contribution is -2.57. The summed E-state index contributed by atoms with van der Waals surface area (Å²) in [5.74, 6) is -1.24. The van der Waals surface area contributed by atoms with Crippen molar-refractivity contribution in [1.82, 2.24) is 4.90 Å². The molecule has 2 aliphatic rings. The van der Waals surface area contributed by atoms with Crippen LogP contribution in [0.3, 0.4) is 0 Å². The van der Waals surface area contributed by atoms with E-state index in [9.17, 15) is 19.7 Å². The molecule has 0 spiro atoms. The van der Waals surface area contributed by atoms with Crippen molar-refractivity contribution in [3.63, 3.8) is 0 Å². The minimum Gasteiger partial charge on any atom is -0.395 e. The van der Waals surface area contributed by atoms with Crippen molar-refractivity contribution in [2.45, 2.75) is 19.4 Å². The molecular weight excluding hydrogens is 338 g/mol. The largest absolute Gasteiger partial charge is 0.433 e. The van der Waals surface area contributed by atoms with Crippen LogP contribution in [0.15, 0.2) is 40.8 Å². The van der Waals surface area contributed by atoms with Crippen LogP contribution in [-0.4, -0.2) is 40.8 Å². The van der Waals surface area contributed by atoms with Gasteiger partial charge in [0.1, 0.15) is 4.92 Å². The normalized spacial score (nSPS) is 19.2. The van der Waals surface area contributed by atoms with Crippen LogP contribution < -0.4 is 4.90 Å². The van der Waals surface area contributed by atoms with Crippen LogP contribution >= 0.6 is 0 Å². The van der Waals surface area contributed by atoms with Crippen LogP contribution in [0, 0.1) is 16.0 Å². The third kappa shape index (κ3) is 2.54. The Kier molecular flexibility index (Phi) is 3.75. The van der Waals surface area contributed by atoms with Gasteiger partial charge in [0.05, 0.1) is 12.0 Å². The van der Waals surface area contributed by atoms with E-state index in [-0.39, 0.29) is 36.7 Å². The van der Waals surface area contributed by atoms with Crippen molar-refractivity contribution in [2.75, 3.05) is 18.0 Å². The first-order valence-corrected chi connectivity index (χ1v) is 8.40. The number of carbonyl (C=O) groups excluding carboxylic acids is 2. The van der Waals surface area contributed by atoms with E-state index in [4.69, 9.17) is 4.42 Å². The first-order valence-electron chi connectivity index (χ1n) is 8.40. The van der Waals surface area contributed by atoms with Gasteiger partial charge in [-0.3, -0.25) is 19.7 Å². The molecule has 1 aromatic heterocycles. The van der Waals surface area contributed by atoms with Crippen LogP contribution in [0.1, 0.15) is 23.0 Å². The van der Waals surface area contributed by atoms with Gasteiger partial charge in [-0.05, 0) is 31.0 Å². The molecule has 26 heavy (non-hydrogen) atoms. The molecule has 8 nitrogen and oxygen atoms in total. The lowest BCUT2D eigenvalue weighted by atomic mass is 9.97. The summed E-state index contributed by atoms with van der Waals surface area (Å²) in [6.07, 6.45) is 0.827. The fourth-order valence-electron chi connectivity index (χ4n) is 3.60. The lowest BCUT2D eigenvalue weighted by Gasteiger charge is -2.40. The molecule has 0 N–H and O–H groups in total. The van der Waals surface area contributed by atoms with Gasteiger partial charge in [0.25, 0.3) is 5.91 Å². The van der Waals surface area contributed by atoms with E-state index in [1.54, 1.807) is 0 Å². The van der Waals surface area contributed by atoms with Crippen molar-refractivity contribution in [3.8, 4) is 0 Å². The summed E-state index contributed by atoms with van der Waals surface area (Å²) in [6.45, 7) is 2.59. The predicted molar refractivity (Wildman–Crippen MR) is 91.8 cm³/mol. The Bertz CT molecular complexity index is 900. The molecule has 0 bridgehead atoms. The smallest absolute Gasteiger partial charge is 0.395 e. The van der Waals surface area contributed by atoms with Crippen LogP contribution in [0.2, 0.25) is 0 Å². The first kappa shape index (κ1) is 16.3. The second-order valence-corrected chi connectivity index (χ2v) is 6.69. The molecule has 2 aromatic rings. The predicted octanol–water partition coefficient (Wildman–Crippen LogP) is 2.24. The zero-order valence-corrected chi connectivity index (χ0v) is 14.1. The van der Waals surface area contributed by atoms with E-state index < -0.39 is 16.7 Å². The second kappa shape index (κ2) is 5.98. The number of carbonyl (C=O) groups is 2. The van der Waals surface area contributed by atoms with Gasteiger partial charge in [-0.25, -0.2) is 0 Å². The summed E-state index contributed by atoms with van der Waals surface area (Å²) >= 11 is 0. The second-order valence-electron chi connectivity index (χ2n) is 6.69. The average molecular weight is 355 g/mol. The van der Waals surface area contributed by atoms with Crippen molar-refractivity contribution < 1.29 is 18.9 Å². The standard InChI is InChI=1S/C18H17N3O5/c1-11-8-12-4-2-3-5-14(12)20(11)17(22)13-9-19(10-13)18(23)15-6-7-16(26-15)21(24)25/h2-7,11,13H,8-10H2,1H3. The molecule has 2 amide bonds. The number of nitrogens with zero attached hydrogens (tertiary/aromatic N) is 3. The number of hydrogen-bond donors (Lipinski definition) is 0. The molecule has 134 valence electrons. The summed E-state index contributed by atoms with van der Waals surface area (Å²) in [5, 5.41) is 10.6. The highest BCUT2D eigenvalue weighted by molar-refractivity contribution is 6.00. The number of para-hydroxylation sites is 1. The van der Waals surface area contributed by atoms with Crippen molar-refractivity contribution in [3.05, 3.63) is 57.8 Å².